The zero-order chi connectivity index (χ0) is 19.5. The van der Waals surface area contributed by atoms with Crippen LogP contribution in [0.5, 0.6) is 0 Å². The predicted molar refractivity (Wildman–Crippen MR) is 128 cm³/mol. The minimum Gasteiger partial charge on any atom is -0.357 e. The summed E-state index contributed by atoms with van der Waals surface area (Å²) < 4.78 is 0. The second-order valence-electron chi connectivity index (χ2n) is 5.80. The Kier molecular flexibility index (Phi) is 11.9. The van der Waals surface area contributed by atoms with Crippen LogP contribution in [0.25, 0.3) is 0 Å². The predicted octanol–water partition coefficient (Wildman–Crippen LogP) is 4.14. The lowest BCUT2D eigenvalue weighted by molar-refractivity contribution is 0.0954. The molecule has 0 radical (unpaired) electrons. The summed E-state index contributed by atoms with van der Waals surface area (Å²) in [5, 5.41) is 10.4. The summed E-state index contributed by atoms with van der Waals surface area (Å²) >= 11 is 11.9. The van der Waals surface area contributed by atoms with E-state index in [-0.39, 0.29) is 29.9 Å². The lowest BCUT2D eigenvalue weighted by atomic mass is 10.1. The number of nitrogens with one attached hydrogen (secondary N) is 3. The lowest BCUT2D eigenvalue weighted by Gasteiger charge is -2.12. The molecule has 0 aliphatic rings. The fourth-order valence-electron chi connectivity index (χ4n) is 2.39. The van der Waals surface area contributed by atoms with Gasteiger partial charge in [-0.15, -0.1) is 24.0 Å². The van der Waals surface area contributed by atoms with Crippen LogP contribution in [0.2, 0.25) is 10.0 Å². The van der Waals surface area contributed by atoms with E-state index in [9.17, 15) is 4.79 Å². The van der Waals surface area contributed by atoms with Crippen LogP contribution in [-0.2, 0) is 6.42 Å². The molecule has 0 aliphatic heterocycles. The fraction of sp³-hybridized carbons (Fsp3) is 0.300. The smallest absolute Gasteiger partial charge is 0.252 e. The molecule has 0 atom stereocenters. The van der Waals surface area contributed by atoms with Gasteiger partial charge in [0.15, 0.2) is 5.96 Å². The number of carbonyl (C=O) groups is 1. The number of benzene rings is 2. The molecule has 2 aromatic carbocycles. The molecule has 1 amide bonds. The number of rotatable bonds is 8. The highest BCUT2D eigenvalue weighted by atomic mass is 127. The zero-order valence-corrected chi connectivity index (χ0v) is 19.5. The first-order chi connectivity index (χ1) is 13.1. The molecular weight excluding hydrogens is 510 g/mol. The molecule has 0 heterocycles. The molecule has 2 aromatic rings. The fourth-order valence-corrected chi connectivity index (χ4v) is 2.73. The monoisotopic (exact) mass is 534 g/mol. The first kappa shape index (κ1) is 24.5. The first-order valence-electron chi connectivity index (χ1n) is 8.89. The molecule has 3 N–H and O–H groups in total. The highest BCUT2D eigenvalue weighted by molar-refractivity contribution is 14.0. The van der Waals surface area contributed by atoms with Crippen molar-refractivity contribution in [2.75, 3.05) is 26.2 Å². The van der Waals surface area contributed by atoms with Gasteiger partial charge in [0.1, 0.15) is 0 Å². The zero-order valence-electron chi connectivity index (χ0n) is 15.7. The maximum atomic E-state index is 12.1. The minimum absolute atomic E-state index is 0. The van der Waals surface area contributed by atoms with Gasteiger partial charge >= 0.3 is 0 Å². The molecule has 0 bridgehead atoms. The summed E-state index contributed by atoms with van der Waals surface area (Å²) in [4.78, 5) is 16.7. The van der Waals surface area contributed by atoms with E-state index in [1.807, 2.05) is 31.2 Å². The molecule has 0 fully saturated rings. The van der Waals surface area contributed by atoms with Crippen molar-refractivity contribution < 1.29 is 4.79 Å². The van der Waals surface area contributed by atoms with Crippen molar-refractivity contribution in [1.82, 2.24) is 16.0 Å². The Hall–Kier alpha value is -1.51. The normalized spacial score (nSPS) is 10.8. The van der Waals surface area contributed by atoms with E-state index in [4.69, 9.17) is 23.2 Å². The van der Waals surface area contributed by atoms with E-state index in [2.05, 4.69) is 20.9 Å². The van der Waals surface area contributed by atoms with Crippen LogP contribution in [-0.4, -0.2) is 38.0 Å². The minimum atomic E-state index is -0.188. The van der Waals surface area contributed by atoms with Gasteiger partial charge in [-0.3, -0.25) is 9.79 Å². The highest BCUT2D eigenvalue weighted by Crippen LogP contribution is 2.14. The van der Waals surface area contributed by atoms with Crippen LogP contribution >= 0.6 is 47.2 Å². The Morgan fingerprint density at radius 1 is 0.964 bits per heavy atom. The Labute approximate surface area is 193 Å². The summed E-state index contributed by atoms with van der Waals surface area (Å²) in [6.45, 7) is 4.45. The summed E-state index contributed by atoms with van der Waals surface area (Å²) in [5.74, 6) is 0.533. The van der Waals surface area contributed by atoms with Gasteiger partial charge in [-0.1, -0.05) is 47.5 Å². The van der Waals surface area contributed by atoms with Gasteiger partial charge in [-0.25, -0.2) is 0 Å². The van der Waals surface area contributed by atoms with Crippen molar-refractivity contribution in [3.63, 3.8) is 0 Å². The third kappa shape index (κ3) is 8.67. The number of aliphatic imine (C=N–C) groups is 1. The number of nitrogens with zero attached hydrogens (tertiary/aromatic N) is 1. The summed E-state index contributed by atoms with van der Waals surface area (Å²) in [6.07, 6.45) is 0.830. The van der Waals surface area contributed by atoms with Gasteiger partial charge in [0, 0.05) is 31.2 Å². The average Bonchev–Trinajstić information content (AvgIpc) is 2.67. The third-order valence-corrected chi connectivity index (χ3v) is 4.33. The number of amides is 1. The number of carbonyl (C=O) groups excluding carboxylic acids is 1. The van der Waals surface area contributed by atoms with Crippen LogP contribution < -0.4 is 16.0 Å². The van der Waals surface area contributed by atoms with E-state index < -0.39 is 0 Å². The van der Waals surface area contributed by atoms with E-state index in [1.54, 1.807) is 24.3 Å². The summed E-state index contributed by atoms with van der Waals surface area (Å²) in [6, 6.07) is 14.8. The van der Waals surface area contributed by atoms with Gasteiger partial charge in [0.05, 0.1) is 10.6 Å². The van der Waals surface area contributed by atoms with Gasteiger partial charge in [-0.2, -0.15) is 0 Å². The molecule has 0 saturated heterocycles. The van der Waals surface area contributed by atoms with Crippen LogP contribution in [0.15, 0.2) is 53.5 Å². The van der Waals surface area contributed by atoms with Crippen LogP contribution in [0.1, 0.15) is 22.8 Å². The largest absolute Gasteiger partial charge is 0.357 e. The average molecular weight is 535 g/mol. The molecule has 5 nitrogen and oxygen atoms in total. The number of hydrogen-bond acceptors (Lipinski definition) is 2. The van der Waals surface area contributed by atoms with E-state index in [0.29, 0.717) is 30.2 Å². The number of halogens is 3. The lowest BCUT2D eigenvalue weighted by Crippen LogP contribution is -2.41. The van der Waals surface area contributed by atoms with Gasteiger partial charge in [-0.05, 0) is 43.2 Å². The highest BCUT2D eigenvalue weighted by Gasteiger charge is 2.08. The van der Waals surface area contributed by atoms with E-state index in [1.165, 1.54) is 5.56 Å². The summed E-state index contributed by atoms with van der Waals surface area (Å²) in [5.41, 5.74) is 1.66. The third-order valence-electron chi connectivity index (χ3n) is 3.75. The Morgan fingerprint density at radius 2 is 1.64 bits per heavy atom. The van der Waals surface area contributed by atoms with Crippen LogP contribution in [0, 0.1) is 0 Å². The maximum Gasteiger partial charge on any atom is 0.252 e. The van der Waals surface area contributed by atoms with Gasteiger partial charge in [0.2, 0.25) is 0 Å². The molecule has 0 unspecified atom stereocenters. The molecule has 0 aromatic heterocycles. The molecular formula is C20H25Cl2IN4O. The van der Waals surface area contributed by atoms with Crippen LogP contribution in [0.3, 0.4) is 0 Å². The van der Waals surface area contributed by atoms with E-state index >= 15 is 0 Å². The van der Waals surface area contributed by atoms with Crippen molar-refractivity contribution in [3.8, 4) is 0 Å². The quantitative estimate of drug-likeness (QED) is 0.206. The molecule has 2 rings (SSSR count). The van der Waals surface area contributed by atoms with Crippen molar-refractivity contribution in [2.45, 2.75) is 13.3 Å². The molecule has 152 valence electrons. The van der Waals surface area contributed by atoms with E-state index in [0.717, 1.165) is 23.9 Å². The maximum absolute atomic E-state index is 12.1. The number of hydrogen-bond donors (Lipinski definition) is 3. The summed E-state index contributed by atoms with van der Waals surface area (Å²) in [7, 11) is 0. The number of guanidine groups is 1. The molecule has 0 aliphatic carbocycles. The first-order valence-corrected chi connectivity index (χ1v) is 9.65. The van der Waals surface area contributed by atoms with Crippen molar-refractivity contribution >= 4 is 59.0 Å². The standard InChI is InChI=1S/C20H24Cl2N4O.HI/c1-2-23-20(25-12-11-15-7-9-16(21)10-8-15)26-14-13-24-19(27)17-5-3-4-6-18(17)22;/h3-10H,2,11-14H2,1H3,(H,24,27)(H2,23,25,26);1H. The second kappa shape index (κ2) is 13.6. The molecule has 0 spiro atoms. The topological polar surface area (TPSA) is 65.5 Å². The SMILES string of the molecule is CCNC(=NCCc1ccc(Cl)cc1)NCCNC(=O)c1ccccc1Cl.I. The Morgan fingerprint density at radius 3 is 2.32 bits per heavy atom. The molecule has 8 heteroatoms. The van der Waals surface area contributed by atoms with Gasteiger partial charge in [0.25, 0.3) is 5.91 Å². The Balaban J connectivity index is 0.00000392. The molecule has 0 saturated carbocycles. The van der Waals surface area contributed by atoms with Crippen LogP contribution in [0.4, 0.5) is 0 Å². The second-order valence-corrected chi connectivity index (χ2v) is 6.64. The van der Waals surface area contributed by atoms with Crippen molar-refractivity contribution in [3.05, 3.63) is 69.7 Å². The molecule has 28 heavy (non-hydrogen) atoms. The van der Waals surface area contributed by atoms with Crippen molar-refractivity contribution in [1.29, 1.82) is 0 Å². The van der Waals surface area contributed by atoms with Gasteiger partial charge < -0.3 is 16.0 Å². The van der Waals surface area contributed by atoms with Crippen molar-refractivity contribution in [2.24, 2.45) is 4.99 Å². The Bertz CT molecular complexity index is 769.